The third-order valence-corrected chi connectivity index (χ3v) is 3.32. The van der Waals surface area contributed by atoms with E-state index >= 15 is 0 Å². The van der Waals surface area contributed by atoms with E-state index in [0.29, 0.717) is 12.3 Å². The normalized spacial score (nSPS) is 29.4. The van der Waals surface area contributed by atoms with E-state index in [1.54, 1.807) is 6.08 Å². The van der Waals surface area contributed by atoms with Gasteiger partial charge in [0.2, 0.25) is 0 Å². The Hall–Kier alpha value is 0.812. The minimum atomic E-state index is -0.488. The maximum Gasteiger partial charge on any atom is 0.138 e. The fraction of sp³-hybridized carbons (Fsp3) is 0.750. The number of carbonyl (C=O) groups is 1. The minimum Gasteiger partial charge on any atom is -0.392 e. The second kappa shape index (κ2) is 7.20. The molecule has 1 N–H and O–H groups in total. The molecule has 2 nitrogen and oxygen atoms in total. The fourth-order valence-electron chi connectivity index (χ4n) is 2.32. The molecule has 0 aliphatic heterocycles. The zero-order valence-corrected chi connectivity index (χ0v) is 14.4. The van der Waals surface area contributed by atoms with Gasteiger partial charge in [-0.15, -0.1) is 6.58 Å². The zero-order chi connectivity index (χ0) is 10.7. The maximum absolute atomic E-state index is 11.5. The topological polar surface area (TPSA) is 37.3 Å². The average Bonchev–Trinajstić information content (AvgIpc) is 2.46. The van der Waals surface area contributed by atoms with Crippen LogP contribution in [0.4, 0.5) is 0 Å². The van der Waals surface area contributed by atoms with E-state index in [9.17, 15) is 9.90 Å². The smallest absolute Gasteiger partial charge is 0.138 e. The number of Topliss-reactive ketones (excluding diaryl/α,β-unsaturated/α-hetero) is 1. The first-order valence-corrected chi connectivity index (χ1v) is 5.39. The molecule has 0 aromatic carbocycles. The summed E-state index contributed by atoms with van der Waals surface area (Å²) in [6.07, 6.45) is 3.67. The number of rotatable bonds is 4. The summed E-state index contributed by atoms with van der Waals surface area (Å²) in [5.74, 6) is 0.581. The van der Waals surface area contributed by atoms with E-state index in [4.69, 9.17) is 0 Å². The number of ketones is 1. The van der Waals surface area contributed by atoms with Crippen LogP contribution in [0.25, 0.3) is 0 Å². The third-order valence-electron chi connectivity index (χ3n) is 3.32. The van der Waals surface area contributed by atoms with Crippen LogP contribution in [0, 0.1) is 61.8 Å². The fourth-order valence-corrected chi connectivity index (χ4v) is 2.32. The molecule has 0 amide bonds. The molecule has 83 valence electrons. The molecule has 1 rings (SSSR count). The maximum atomic E-state index is 11.5. The zero-order valence-electron chi connectivity index (χ0n) is 9.65. The molecule has 1 unspecified atom stereocenters. The molecule has 1 aliphatic carbocycles. The SMILES string of the molecule is C=CC[C@@H](C)[C@@H](O)[C@H]1C(=O)CCC1C.[Ac]. The summed E-state index contributed by atoms with van der Waals surface area (Å²) >= 11 is 0. The summed E-state index contributed by atoms with van der Waals surface area (Å²) in [5.41, 5.74) is 0. The van der Waals surface area contributed by atoms with Gasteiger partial charge in [-0.25, -0.2) is 0 Å². The van der Waals surface area contributed by atoms with E-state index in [0.717, 1.165) is 12.8 Å². The molecule has 0 saturated heterocycles. The Bertz CT molecular complexity index is 228. The van der Waals surface area contributed by atoms with Gasteiger partial charge in [-0.3, -0.25) is 4.79 Å². The number of allylic oxidation sites excluding steroid dienone is 1. The number of carbonyl (C=O) groups excluding carboxylic acids is 1. The van der Waals surface area contributed by atoms with Crippen molar-refractivity contribution in [2.75, 3.05) is 0 Å². The van der Waals surface area contributed by atoms with Crippen molar-refractivity contribution in [3.8, 4) is 0 Å². The summed E-state index contributed by atoms with van der Waals surface area (Å²) in [4.78, 5) is 11.5. The molecule has 0 bridgehead atoms. The van der Waals surface area contributed by atoms with Crippen molar-refractivity contribution in [3.05, 3.63) is 12.7 Å². The Morgan fingerprint density at radius 3 is 2.67 bits per heavy atom. The molecule has 0 aromatic heterocycles. The largest absolute Gasteiger partial charge is 0.392 e. The van der Waals surface area contributed by atoms with Crippen molar-refractivity contribution >= 4 is 5.78 Å². The van der Waals surface area contributed by atoms with Crippen LogP contribution in [0.1, 0.15) is 33.1 Å². The van der Waals surface area contributed by atoms with Crippen molar-refractivity contribution < 1.29 is 54.0 Å². The Morgan fingerprint density at radius 1 is 1.67 bits per heavy atom. The molecule has 0 spiro atoms. The van der Waals surface area contributed by atoms with E-state index in [-0.39, 0.29) is 61.7 Å². The quantitative estimate of drug-likeness (QED) is 0.704. The van der Waals surface area contributed by atoms with Crippen molar-refractivity contribution in [2.45, 2.75) is 39.2 Å². The van der Waals surface area contributed by atoms with Crippen molar-refractivity contribution in [3.63, 3.8) is 0 Å². The van der Waals surface area contributed by atoms with E-state index < -0.39 is 6.10 Å². The predicted molar refractivity (Wildman–Crippen MR) is 56.9 cm³/mol. The first-order valence-electron chi connectivity index (χ1n) is 5.39. The van der Waals surface area contributed by atoms with Crippen LogP contribution in [0.5, 0.6) is 0 Å². The van der Waals surface area contributed by atoms with Crippen LogP contribution in [-0.4, -0.2) is 17.0 Å². The van der Waals surface area contributed by atoms with Gasteiger partial charge in [-0.05, 0) is 24.7 Å². The molecule has 1 radical (unpaired) electrons. The summed E-state index contributed by atoms with van der Waals surface area (Å²) in [6, 6.07) is 0. The second-order valence-corrected chi connectivity index (χ2v) is 4.50. The van der Waals surface area contributed by atoms with E-state index in [1.807, 2.05) is 6.92 Å². The van der Waals surface area contributed by atoms with Crippen LogP contribution >= 0.6 is 0 Å². The summed E-state index contributed by atoms with van der Waals surface area (Å²) in [7, 11) is 0. The van der Waals surface area contributed by atoms with Crippen LogP contribution in [0.15, 0.2) is 12.7 Å². The van der Waals surface area contributed by atoms with Crippen LogP contribution in [0.2, 0.25) is 0 Å². The van der Waals surface area contributed by atoms with Gasteiger partial charge in [0.15, 0.2) is 0 Å². The van der Waals surface area contributed by atoms with E-state index in [1.165, 1.54) is 0 Å². The van der Waals surface area contributed by atoms with Crippen LogP contribution in [-0.2, 0) is 4.79 Å². The molecule has 4 atom stereocenters. The third kappa shape index (κ3) is 3.95. The van der Waals surface area contributed by atoms with Crippen molar-refractivity contribution in [1.29, 1.82) is 0 Å². The molecule has 1 saturated carbocycles. The van der Waals surface area contributed by atoms with E-state index in [2.05, 4.69) is 13.5 Å². The first kappa shape index (κ1) is 15.8. The van der Waals surface area contributed by atoms with Gasteiger partial charge in [0, 0.05) is 56.4 Å². The second-order valence-electron chi connectivity index (χ2n) is 4.50. The number of aliphatic hydroxyl groups is 1. The van der Waals surface area contributed by atoms with Gasteiger partial charge >= 0.3 is 0 Å². The first-order chi connectivity index (χ1) is 6.57. The van der Waals surface area contributed by atoms with Gasteiger partial charge < -0.3 is 5.11 Å². The van der Waals surface area contributed by atoms with Gasteiger partial charge in [-0.1, -0.05) is 19.9 Å². The molecular weight excluding hydrogens is 403 g/mol. The average molecular weight is 423 g/mol. The van der Waals surface area contributed by atoms with Crippen molar-refractivity contribution in [1.82, 2.24) is 0 Å². The number of hydrogen-bond donors (Lipinski definition) is 1. The Balaban J connectivity index is 0.00000196. The monoisotopic (exact) mass is 423 g/mol. The van der Waals surface area contributed by atoms with Crippen LogP contribution in [0.3, 0.4) is 0 Å². The standard InChI is InChI=1S/C12H20O2.Ac/c1-4-5-9(3)12(14)11-8(2)6-7-10(11)13;/h4,8-9,11-12,14H,1,5-7H2,2-3H3;/t8?,9-,11-,12-;/m1./s1. The summed E-state index contributed by atoms with van der Waals surface area (Å²) in [5, 5.41) is 10.0. The molecule has 0 heterocycles. The molecular formula is C12H20AcO2. The van der Waals surface area contributed by atoms with Gasteiger partial charge in [0.1, 0.15) is 5.78 Å². The van der Waals surface area contributed by atoms with Gasteiger partial charge in [-0.2, -0.15) is 0 Å². The van der Waals surface area contributed by atoms with Gasteiger partial charge in [0.05, 0.1) is 6.10 Å². The number of hydrogen-bond acceptors (Lipinski definition) is 2. The minimum absolute atomic E-state index is 0. The van der Waals surface area contributed by atoms with Crippen molar-refractivity contribution in [2.24, 2.45) is 17.8 Å². The summed E-state index contributed by atoms with van der Waals surface area (Å²) in [6.45, 7) is 7.68. The molecule has 1 aliphatic rings. The molecule has 1 fully saturated rings. The predicted octanol–water partition coefficient (Wildman–Crippen LogP) is 2.17. The Morgan fingerprint density at radius 2 is 2.27 bits per heavy atom. The Labute approximate surface area is 128 Å². The summed E-state index contributed by atoms with van der Waals surface area (Å²) < 4.78 is 0. The number of aliphatic hydroxyl groups excluding tert-OH is 1. The molecule has 0 aromatic rings. The molecule has 15 heavy (non-hydrogen) atoms. The Kier molecular flexibility index (Phi) is 7.59. The molecule has 3 heteroatoms. The van der Waals surface area contributed by atoms with Crippen LogP contribution < -0.4 is 0 Å². The van der Waals surface area contributed by atoms with Gasteiger partial charge in [0.25, 0.3) is 0 Å².